The molecule has 0 spiro atoms. The molecule has 0 bridgehead atoms. The number of thiophene rings is 1. The van der Waals surface area contributed by atoms with Gasteiger partial charge in [-0.25, -0.2) is 4.98 Å². The molecule has 0 aliphatic rings. The van der Waals surface area contributed by atoms with Crippen molar-refractivity contribution in [2.75, 3.05) is 19.1 Å². The monoisotopic (exact) mass is 249 g/mol. The van der Waals surface area contributed by atoms with Gasteiger partial charge in [-0.15, -0.1) is 11.3 Å². The Morgan fingerprint density at radius 3 is 2.82 bits per heavy atom. The number of methoxy groups -OCH3 is 1. The van der Waals surface area contributed by atoms with Crippen LogP contribution in [0.25, 0.3) is 0 Å². The highest BCUT2D eigenvalue weighted by Gasteiger charge is 2.07. The molecule has 0 fully saturated rings. The van der Waals surface area contributed by atoms with Crippen LogP contribution in [0.3, 0.4) is 0 Å². The van der Waals surface area contributed by atoms with E-state index >= 15 is 0 Å². The minimum atomic E-state index is 0.587. The number of aromatic nitrogens is 2. The molecule has 2 rings (SSSR count). The first-order valence-electron chi connectivity index (χ1n) is 5.32. The molecule has 0 unspecified atom stereocenters. The normalized spacial score (nSPS) is 10.3. The summed E-state index contributed by atoms with van der Waals surface area (Å²) in [5.74, 6) is 1.26. The molecule has 0 aliphatic carbocycles. The van der Waals surface area contributed by atoms with Crippen LogP contribution in [0.1, 0.15) is 9.75 Å². The molecule has 0 saturated heterocycles. The molecule has 90 valence electrons. The van der Waals surface area contributed by atoms with Crippen LogP contribution in [0.4, 0.5) is 5.95 Å². The molecular weight excluding hydrogens is 234 g/mol. The largest absolute Gasteiger partial charge is 0.481 e. The van der Waals surface area contributed by atoms with Crippen LogP contribution in [0, 0.1) is 6.92 Å². The van der Waals surface area contributed by atoms with Gasteiger partial charge in [0.2, 0.25) is 11.8 Å². The van der Waals surface area contributed by atoms with E-state index in [1.54, 1.807) is 30.7 Å². The number of aryl methyl sites for hydroxylation is 1. The Bertz CT molecular complexity index is 498. The molecule has 0 atom stereocenters. The van der Waals surface area contributed by atoms with Crippen LogP contribution < -0.4 is 9.64 Å². The number of hydrogen-bond donors (Lipinski definition) is 0. The minimum absolute atomic E-state index is 0.587. The van der Waals surface area contributed by atoms with Gasteiger partial charge in [0.05, 0.1) is 13.7 Å². The first-order valence-corrected chi connectivity index (χ1v) is 6.14. The molecular formula is C12H15N3OS. The molecule has 17 heavy (non-hydrogen) atoms. The molecule has 0 saturated carbocycles. The van der Waals surface area contributed by atoms with Gasteiger partial charge in [-0.2, -0.15) is 4.98 Å². The van der Waals surface area contributed by atoms with Crippen LogP contribution >= 0.6 is 11.3 Å². The highest BCUT2D eigenvalue weighted by molar-refractivity contribution is 7.11. The van der Waals surface area contributed by atoms with Crippen LogP contribution in [0.2, 0.25) is 0 Å². The zero-order chi connectivity index (χ0) is 12.3. The van der Waals surface area contributed by atoms with Gasteiger partial charge in [-0.1, -0.05) is 0 Å². The molecule has 2 aromatic rings. The second-order valence-corrected chi connectivity index (χ2v) is 5.14. The van der Waals surface area contributed by atoms with E-state index in [1.807, 2.05) is 11.9 Å². The van der Waals surface area contributed by atoms with Crippen LogP contribution in [-0.2, 0) is 6.54 Å². The summed E-state index contributed by atoms with van der Waals surface area (Å²) in [6.45, 7) is 2.92. The first-order chi connectivity index (χ1) is 8.19. The quantitative estimate of drug-likeness (QED) is 0.834. The van der Waals surface area contributed by atoms with E-state index in [4.69, 9.17) is 4.74 Å². The second-order valence-electron chi connectivity index (χ2n) is 3.77. The fourth-order valence-electron chi connectivity index (χ4n) is 1.50. The lowest BCUT2D eigenvalue weighted by atomic mass is 10.4. The van der Waals surface area contributed by atoms with Crippen molar-refractivity contribution in [1.29, 1.82) is 0 Å². The van der Waals surface area contributed by atoms with Crippen molar-refractivity contribution < 1.29 is 4.74 Å². The maximum atomic E-state index is 5.08. The topological polar surface area (TPSA) is 38.2 Å². The highest BCUT2D eigenvalue weighted by atomic mass is 32.1. The van der Waals surface area contributed by atoms with Crippen molar-refractivity contribution in [3.05, 3.63) is 34.2 Å². The van der Waals surface area contributed by atoms with Gasteiger partial charge in [-0.05, 0) is 19.1 Å². The summed E-state index contributed by atoms with van der Waals surface area (Å²) in [6.07, 6.45) is 1.71. The molecule has 0 amide bonds. The summed E-state index contributed by atoms with van der Waals surface area (Å²) in [5, 5.41) is 0. The van der Waals surface area contributed by atoms with Crippen molar-refractivity contribution in [3.63, 3.8) is 0 Å². The maximum absolute atomic E-state index is 5.08. The molecule has 2 heterocycles. The summed E-state index contributed by atoms with van der Waals surface area (Å²) in [4.78, 5) is 13.2. The lowest BCUT2D eigenvalue weighted by Gasteiger charge is -2.16. The van der Waals surface area contributed by atoms with Gasteiger partial charge in [0.1, 0.15) is 0 Å². The SMILES string of the molecule is COc1ccnc(N(C)Cc2ccc(C)s2)n1. The van der Waals surface area contributed by atoms with Gasteiger partial charge in [0.15, 0.2) is 0 Å². The summed E-state index contributed by atoms with van der Waals surface area (Å²) in [6, 6.07) is 6.00. The number of nitrogens with zero attached hydrogens (tertiary/aromatic N) is 3. The Balaban J connectivity index is 2.11. The molecule has 0 N–H and O–H groups in total. The van der Waals surface area contributed by atoms with Crippen molar-refractivity contribution in [1.82, 2.24) is 9.97 Å². The fraction of sp³-hybridized carbons (Fsp3) is 0.333. The summed E-state index contributed by atoms with van der Waals surface area (Å²) < 4.78 is 5.08. The molecule has 0 aliphatic heterocycles. The van der Waals surface area contributed by atoms with Crippen molar-refractivity contribution in [3.8, 4) is 5.88 Å². The highest BCUT2D eigenvalue weighted by Crippen LogP contribution is 2.19. The predicted octanol–water partition coefficient (Wildman–Crippen LogP) is 2.49. The molecule has 5 heteroatoms. The summed E-state index contributed by atoms with van der Waals surface area (Å²) >= 11 is 1.79. The van der Waals surface area contributed by atoms with E-state index in [2.05, 4.69) is 29.0 Å². The lowest BCUT2D eigenvalue weighted by Crippen LogP contribution is -2.18. The van der Waals surface area contributed by atoms with Gasteiger partial charge in [0, 0.05) is 29.1 Å². The Morgan fingerprint density at radius 1 is 1.35 bits per heavy atom. The van der Waals surface area contributed by atoms with E-state index in [1.165, 1.54) is 9.75 Å². The van der Waals surface area contributed by atoms with Crippen LogP contribution in [0.5, 0.6) is 5.88 Å². The average molecular weight is 249 g/mol. The third-order valence-corrected chi connectivity index (χ3v) is 3.34. The fourth-order valence-corrected chi connectivity index (χ4v) is 2.45. The lowest BCUT2D eigenvalue weighted by molar-refractivity contribution is 0.397. The van der Waals surface area contributed by atoms with Gasteiger partial charge < -0.3 is 9.64 Å². The molecule has 2 aromatic heterocycles. The zero-order valence-electron chi connectivity index (χ0n) is 10.2. The van der Waals surface area contributed by atoms with E-state index in [-0.39, 0.29) is 0 Å². The Labute approximate surface area is 105 Å². The number of hydrogen-bond acceptors (Lipinski definition) is 5. The van der Waals surface area contributed by atoms with E-state index in [0.29, 0.717) is 11.8 Å². The van der Waals surface area contributed by atoms with E-state index < -0.39 is 0 Å². The first kappa shape index (κ1) is 11.9. The predicted molar refractivity (Wildman–Crippen MR) is 69.7 cm³/mol. The van der Waals surface area contributed by atoms with Crippen LogP contribution in [-0.4, -0.2) is 24.1 Å². The molecule has 0 aromatic carbocycles. The number of ether oxygens (including phenoxy) is 1. The van der Waals surface area contributed by atoms with E-state index in [0.717, 1.165) is 6.54 Å². The van der Waals surface area contributed by atoms with Gasteiger partial charge >= 0.3 is 0 Å². The number of anilines is 1. The minimum Gasteiger partial charge on any atom is -0.481 e. The third-order valence-electron chi connectivity index (χ3n) is 2.36. The number of rotatable bonds is 4. The smallest absolute Gasteiger partial charge is 0.228 e. The molecule has 0 radical (unpaired) electrons. The Morgan fingerprint density at radius 2 is 2.18 bits per heavy atom. The summed E-state index contributed by atoms with van der Waals surface area (Å²) in [5.41, 5.74) is 0. The van der Waals surface area contributed by atoms with Crippen molar-refractivity contribution in [2.24, 2.45) is 0 Å². The average Bonchev–Trinajstić information content (AvgIpc) is 2.75. The Hall–Kier alpha value is -1.62. The third kappa shape index (κ3) is 2.94. The van der Waals surface area contributed by atoms with Gasteiger partial charge in [-0.3, -0.25) is 0 Å². The summed E-state index contributed by atoms with van der Waals surface area (Å²) in [7, 11) is 3.58. The Kier molecular flexibility index (Phi) is 3.58. The van der Waals surface area contributed by atoms with Crippen LogP contribution in [0.15, 0.2) is 24.4 Å². The maximum Gasteiger partial charge on any atom is 0.228 e. The standard InChI is InChI=1S/C12H15N3OS/c1-9-4-5-10(17-9)8-15(2)12-13-7-6-11(14-12)16-3/h4-7H,8H2,1-3H3. The van der Waals surface area contributed by atoms with E-state index in [9.17, 15) is 0 Å². The van der Waals surface area contributed by atoms with Crippen molar-refractivity contribution in [2.45, 2.75) is 13.5 Å². The molecule has 4 nitrogen and oxygen atoms in total. The second kappa shape index (κ2) is 5.14. The van der Waals surface area contributed by atoms with Gasteiger partial charge in [0.25, 0.3) is 0 Å². The van der Waals surface area contributed by atoms with Crippen molar-refractivity contribution >= 4 is 17.3 Å². The zero-order valence-corrected chi connectivity index (χ0v) is 11.0.